The van der Waals surface area contributed by atoms with Crippen LogP contribution < -0.4 is 5.32 Å². The van der Waals surface area contributed by atoms with Gasteiger partial charge in [-0.3, -0.25) is 4.79 Å². The van der Waals surface area contributed by atoms with Crippen molar-refractivity contribution in [2.45, 2.75) is 38.0 Å². The van der Waals surface area contributed by atoms with Crippen LogP contribution in [0.1, 0.15) is 48.3 Å². The number of benzene rings is 3. The average Bonchev–Trinajstić information content (AvgIpc) is 2.88. The van der Waals surface area contributed by atoms with E-state index in [1.807, 2.05) is 85.8 Å². The number of carbonyl (C=O) groups excluding carboxylic acids is 2. The Hall–Kier alpha value is -3.15. The van der Waals surface area contributed by atoms with Crippen LogP contribution in [0.3, 0.4) is 0 Å². The highest BCUT2D eigenvalue weighted by Gasteiger charge is 2.41. The number of ketones is 1. The summed E-state index contributed by atoms with van der Waals surface area (Å²) in [4.78, 5) is 27.2. The van der Waals surface area contributed by atoms with Crippen LogP contribution in [0.5, 0.6) is 0 Å². The van der Waals surface area contributed by atoms with E-state index in [9.17, 15) is 9.59 Å². The molecule has 0 fully saturated rings. The van der Waals surface area contributed by atoms with E-state index in [4.69, 9.17) is 16.3 Å². The molecule has 0 radical (unpaired) electrons. The summed E-state index contributed by atoms with van der Waals surface area (Å²) in [6, 6.07) is 25.4. The van der Waals surface area contributed by atoms with E-state index in [2.05, 4.69) is 21.2 Å². The van der Waals surface area contributed by atoms with Crippen LogP contribution in [-0.4, -0.2) is 18.4 Å². The van der Waals surface area contributed by atoms with Crippen LogP contribution >= 0.6 is 27.5 Å². The van der Waals surface area contributed by atoms with Crippen molar-refractivity contribution >= 4 is 39.3 Å². The predicted molar refractivity (Wildman–Crippen MR) is 149 cm³/mol. The van der Waals surface area contributed by atoms with Crippen molar-refractivity contribution in [1.29, 1.82) is 0 Å². The topological polar surface area (TPSA) is 55.4 Å². The van der Waals surface area contributed by atoms with Gasteiger partial charge in [-0.15, -0.1) is 0 Å². The van der Waals surface area contributed by atoms with Gasteiger partial charge in [0.2, 0.25) is 0 Å². The first-order chi connectivity index (χ1) is 17.9. The SMILES string of the molecule is CC1=C(C(=O)OCCc2ccccc2)[C@@H](c2cccc(Br)c2)C2=C(C[C@@H](c3ccc(Cl)cc3)CC2=O)N1. The lowest BCUT2D eigenvalue weighted by Crippen LogP contribution is -2.36. The molecule has 37 heavy (non-hydrogen) atoms. The molecule has 1 aliphatic carbocycles. The molecule has 0 amide bonds. The summed E-state index contributed by atoms with van der Waals surface area (Å²) >= 11 is 9.64. The van der Waals surface area contributed by atoms with E-state index >= 15 is 0 Å². The molecular formula is C31H27BrClNO3. The highest BCUT2D eigenvalue weighted by atomic mass is 79.9. The smallest absolute Gasteiger partial charge is 0.336 e. The predicted octanol–water partition coefficient (Wildman–Crippen LogP) is 7.25. The van der Waals surface area contributed by atoms with Gasteiger partial charge in [0.1, 0.15) is 0 Å². The van der Waals surface area contributed by atoms with Gasteiger partial charge in [0.25, 0.3) is 0 Å². The number of esters is 1. The third-order valence-corrected chi connectivity index (χ3v) is 7.78. The highest BCUT2D eigenvalue weighted by Crippen LogP contribution is 2.46. The summed E-state index contributed by atoms with van der Waals surface area (Å²) in [6.07, 6.45) is 1.69. The van der Waals surface area contributed by atoms with Gasteiger partial charge < -0.3 is 10.1 Å². The van der Waals surface area contributed by atoms with Crippen molar-refractivity contribution in [3.8, 4) is 0 Å². The van der Waals surface area contributed by atoms with Crippen LogP contribution in [0.4, 0.5) is 0 Å². The molecule has 6 heteroatoms. The molecule has 188 valence electrons. The van der Waals surface area contributed by atoms with Crippen molar-refractivity contribution in [2.24, 2.45) is 0 Å². The molecule has 0 saturated heterocycles. The zero-order valence-corrected chi connectivity index (χ0v) is 22.8. The van der Waals surface area contributed by atoms with Gasteiger partial charge in [0.05, 0.1) is 12.2 Å². The van der Waals surface area contributed by atoms with E-state index in [0.717, 1.165) is 32.6 Å². The molecule has 0 bridgehead atoms. The van der Waals surface area contributed by atoms with Gasteiger partial charge in [-0.25, -0.2) is 4.79 Å². The zero-order chi connectivity index (χ0) is 25.9. The second-order valence-electron chi connectivity index (χ2n) is 9.50. The molecular weight excluding hydrogens is 550 g/mol. The number of carbonyl (C=O) groups is 2. The Labute approximate surface area is 230 Å². The quantitative estimate of drug-likeness (QED) is 0.314. The van der Waals surface area contributed by atoms with Crippen molar-refractivity contribution < 1.29 is 14.3 Å². The number of halogens is 2. The minimum Gasteiger partial charge on any atom is -0.462 e. The molecule has 1 heterocycles. The molecule has 5 rings (SSSR count). The molecule has 1 N–H and O–H groups in total. The van der Waals surface area contributed by atoms with E-state index in [1.165, 1.54) is 0 Å². The van der Waals surface area contributed by atoms with Gasteiger partial charge >= 0.3 is 5.97 Å². The molecule has 3 aromatic rings. The Morgan fingerprint density at radius 2 is 1.76 bits per heavy atom. The van der Waals surface area contributed by atoms with E-state index < -0.39 is 11.9 Å². The summed E-state index contributed by atoms with van der Waals surface area (Å²) in [5, 5.41) is 4.08. The molecule has 2 atom stereocenters. The van der Waals surface area contributed by atoms with Gasteiger partial charge in [-0.05, 0) is 60.2 Å². The summed E-state index contributed by atoms with van der Waals surface area (Å²) in [7, 11) is 0. The molecule has 2 aliphatic rings. The van der Waals surface area contributed by atoms with Crippen LogP contribution in [0.2, 0.25) is 5.02 Å². The van der Waals surface area contributed by atoms with Gasteiger partial charge in [-0.2, -0.15) is 0 Å². The lowest BCUT2D eigenvalue weighted by molar-refractivity contribution is -0.139. The summed E-state index contributed by atoms with van der Waals surface area (Å²) in [5.41, 5.74) is 5.81. The Balaban J connectivity index is 1.46. The van der Waals surface area contributed by atoms with Crippen LogP contribution in [0.15, 0.2) is 106 Å². The molecule has 1 aliphatic heterocycles. The lowest BCUT2D eigenvalue weighted by Gasteiger charge is -2.36. The fourth-order valence-corrected chi connectivity index (χ4v) is 5.83. The standard InChI is InChI=1S/C31H27BrClNO3/c1-19-28(31(36)37-15-14-20-6-3-2-4-7-20)29(22-8-5-9-24(32)16-22)30-26(34-19)17-23(18-27(30)35)21-10-12-25(33)13-11-21/h2-13,16,23,29,34H,14-15,17-18H2,1H3/t23-,29-/m1/s1. The van der Waals surface area contributed by atoms with Crippen molar-refractivity contribution in [3.63, 3.8) is 0 Å². The molecule has 0 unspecified atom stereocenters. The zero-order valence-electron chi connectivity index (χ0n) is 20.5. The number of allylic oxidation sites excluding steroid dienone is 3. The van der Waals surface area contributed by atoms with Gasteiger partial charge in [-0.1, -0.05) is 82.1 Å². The fourth-order valence-electron chi connectivity index (χ4n) is 5.28. The van der Waals surface area contributed by atoms with Crippen molar-refractivity contribution in [3.05, 3.63) is 128 Å². The maximum atomic E-state index is 13.7. The molecule has 3 aromatic carbocycles. The molecule has 4 nitrogen and oxygen atoms in total. The number of dihydropyridines is 1. The number of rotatable bonds is 6. The number of Topliss-reactive ketones (excluding diaryl/α,β-unsaturated/α-hetero) is 1. The maximum Gasteiger partial charge on any atom is 0.336 e. The maximum absolute atomic E-state index is 13.7. The Bertz CT molecular complexity index is 1400. The van der Waals surface area contributed by atoms with Crippen LogP contribution in [-0.2, 0) is 20.7 Å². The third-order valence-electron chi connectivity index (χ3n) is 7.04. The van der Waals surface area contributed by atoms with E-state index in [1.54, 1.807) is 0 Å². The normalized spacial score (nSPS) is 19.4. The average molecular weight is 577 g/mol. The van der Waals surface area contributed by atoms with E-state index in [0.29, 0.717) is 35.4 Å². The second-order valence-corrected chi connectivity index (χ2v) is 10.8. The Morgan fingerprint density at radius 3 is 2.49 bits per heavy atom. The Morgan fingerprint density at radius 1 is 1.00 bits per heavy atom. The molecule has 0 aromatic heterocycles. The third kappa shape index (κ3) is 5.58. The Kier molecular flexibility index (Phi) is 7.63. The fraction of sp³-hybridized carbons (Fsp3) is 0.226. The minimum absolute atomic E-state index is 0.0424. The van der Waals surface area contributed by atoms with Crippen LogP contribution in [0.25, 0.3) is 0 Å². The molecule has 0 saturated carbocycles. The minimum atomic E-state index is -0.489. The summed E-state index contributed by atoms with van der Waals surface area (Å²) in [5.74, 6) is -0.797. The van der Waals surface area contributed by atoms with Gasteiger partial charge in [0.15, 0.2) is 5.78 Å². The summed E-state index contributed by atoms with van der Waals surface area (Å²) in [6.45, 7) is 2.16. The second kappa shape index (κ2) is 11.1. The van der Waals surface area contributed by atoms with E-state index in [-0.39, 0.29) is 18.3 Å². The molecule has 0 spiro atoms. The first kappa shape index (κ1) is 25.5. The largest absolute Gasteiger partial charge is 0.462 e. The van der Waals surface area contributed by atoms with Gasteiger partial charge in [0, 0.05) is 45.2 Å². The summed E-state index contributed by atoms with van der Waals surface area (Å²) < 4.78 is 6.65. The number of hydrogen-bond acceptors (Lipinski definition) is 4. The number of nitrogens with one attached hydrogen (secondary N) is 1. The van der Waals surface area contributed by atoms with Crippen molar-refractivity contribution in [2.75, 3.05) is 6.61 Å². The number of ether oxygens (including phenoxy) is 1. The van der Waals surface area contributed by atoms with Crippen molar-refractivity contribution in [1.82, 2.24) is 5.32 Å². The number of hydrogen-bond donors (Lipinski definition) is 1. The lowest BCUT2D eigenvalue weighted by atomic mass is 9.72. The first-order valence-corrected chi connectivity index (χ1v) is 13.5. The first-order valence-electron chi connectivity index (χ1n) is 12.4. The monoisotopic (exact) mass is 575 g/mol. The van der Waals surface area contributed by atoms with Crippen LogP contribution in [0, 0.1) is 0 Å². The highest BCUT2D eigenvalue weighted by molar-refractivity contribution is 9.10.